The molecule has 3 heterocycles. The first-order valence-corrected chi connectivity index (χ1v) is 9.94. The fraction of sp³-hybridized carbons (Fsp3) is 0.261. The number of furan rings is 1. The number of carbonyl (C=O) groups is 2. The average Bonchev–Trinajstić information content (AvgIpc) is 3.50. The van der Waals surface area contributed by atoms with E-state index in [1.165, 1.54) is 12.0 Å². The molecule has 3 aromatic rings. The van der Waals surface area contributed by atoms with Crippen LogP contribution in [0.5, 0.6) is 5.75 Å². The van der Waals surface area contributed by atoms with Crippen LogP contribution in [-0.2, 0) is 16.1 Å². The van der Waals surface area contributed by atoms with Crippen molar-refractivity contribution in [1.29, 1.82) is 0 Å². The molecule has 8 heteroatoms. The van der Waals surface area contributed by atoms with Gasteiger partial charge in [0, 0.05) is 31.0 Å². The first-order chi connectivity index (χ1) is 15.0. The van der Waals surface area contributed by atoms with Crippen LogP contribution >= 0.6 is 0 Å². The van der Waals surface area contributed by atoms with E-state index in [4.69, 9.17) is 9.15 Å². The standard InChI is InChI=1S/C23H23N3O5/c1-15-7-8-18(31-15)20-19(21(27)16-5-3-6-17(13-16)30-2)22(28)23(29)26(20)11-4-10-25-12-9-24-14-25/h3,5-9,12-14,20,27H,4,10-11H2,1-2H3/b21-19+/t20-/m0/s1. The Hall–Kier alpha value is -3.81. The summed E-state index contributed by atoms with van der Waals surface area (Å²) in [5.41, 5.74) is 0.402. The molecule has 2 aromatic heterocycles. The van der Waals surface area contributed by atoms with Crippen molar-refractivity contribution in [1.82, 2.24) is 14.5 Å². The molecule has 1 saturated heterocycles. The van der Waals surface area contributed by atoms with Crippen LogP contribution < -0.4 is 4.74 Å². The molecule has 160 valence electrons. The van der Waals surface area contributed by atoms with E-state index >= 15 is 0 Å². The quantitative estimate of drug-likeness (QED) is 0.357. The summed E-state index contributed by atoms with van der Waals surface area (Å²) in [6.07, 6.45) is 5.83. The number of benzene rings is 1. The maximum Gasteiger partial charge on any atom is 0.295 e. The maximum atomic E-state index is 13.0. The highest BCUT2D eigenvalue weighted by atomic mass is 16.5. The summed E-state index contributed by atoms with van der Waals surface area (Å²) in [5.74, 6) is -0.0299. The van der Waals surface area contributed by atoms with Crippen molar-refractivity contribution in [2.45, 2.75) is 25.9 Å². The lowest BCUT2D eigenvalue weighted by Gasteiger charge is -2.23. The number of Topliss-reactive ketones (excluding diaryl/α,β-unsaturated/α-hetero) is 1. The zero-order chi connectivity index (χ0) is 22.0. The minimum atomic E-state index is -0.803. The zero-order valence-electron chi connectivity index (χ0n) is 17.3. The third-order valence-electron chi connectivity index (χ3n) is 5.29. The molecular formula is C23H23N3O5. The summed E-state index contributed by atoms with van der Waals surface area (Å²) in [5, 5.41) is 11.0. The number of hydrogen-bond acceptors (Lipinski definition) is 6. The molecule has 8 nitrogen and oxygen atoms in total. The van der Waals surface area contributed by atoms with Crippen molar-refractivity contribution < 1.29 is 23.8 Å². The van der Waals surface area contributed by atoms with Crippen LogP contribution in [0.15, 0.2) is 65.1 Å². The van der Waals surface area contributed by atoms with Crippen molar-refractivity contribution in [3.8, 4) is 5.75 Å². The second-order valence-electron chi connectivity index (χ2n) is 7.33. The lowest BCUT2D eigenvalue weighted by Crippen LogP contribution is -2.31. The van der Waals surface area contributed by atoms with Gasteiger partial charge >= 0.3 is 0 Å². The molecule has 1 aromatic carbocycles. The van der Waals surface area contributed by atoms with Gasteiger partial charge in [-0.1, -0.05) is 12.1 Å². The molecule has 1 atom stereocenters. The van der Waals surface area contributed by atoms with Crippen LogP contribution in [0.1, 0.15) is 29.5 Å². The van der Waals surface area contributed by atoms with Gasteiger partial charge < -0.3 is 23.7 Å². The minimum absolute atomic E-state index is 0.00948. The minimum Gasteiger partial charge on any atom is -0.507 e. The number of ketones is 1. The fourth-order valence-corrected chi connectivity index (χ4v) is 3.78. The topological polar surface area (TPSA) is 97.8 Å². The first kappa shape index (κ1) is 20.5. The van der Waals surface area contributed by atoms with Gasteiger partial charge in [-0.05, 0) is 37.6 Å². The summed E-state index contributed by atoms with van der Waals surface area (Å²) >= 11 is 0. The van der Waals surface area contributed by atoms with E-state index in [0.29, 0.717) is 42.3 Å². The number of likely N-dealkylation sites (tertiary alicyclic amines) is 1. The number of aliphatic hydroxyl groups is 1. The van der Waals surface area contributed by atoms with Gasteiger partial charge in [0.05, 0.1) is 19.0 Å². The number of rotatable bonds is 7. The van der Waals surface area contributed by atoms with Crippen LogP contribution in [0.2, 0.25) is 0 Å². The maximum absolute atomic E-state index is 13.0. The van der Waals surface area contributed by atoms with E-state index < -0.39 is 17.7 Å². The number of hydrogen-bond donors (Lipinski definition) is 1. The Kier molecular flexibility index (Phi) is 5.62. The van der Waals surface area contributed by atoms with E-state index in [1.54, 1.807) is 55.8 Å². The van der Waals surface area contributed by atoms with Crippen LogP contribution in [-0.4, -0.2) is 44.9 Å². The predicted octanol–water partition coefficient (Wildman–Crippen LogP) is 3.31. The highest BCUT2D eigenvalue weighted by molar-refractivity contribution is 6.46. The molecule has 1 aliphatic heterocycles. The highest BCUT2D eigenvalue weighted by Crippen LogP contribution is 2.40. The van der Waals surface area contributed by atoms with E-state index in [1.807, 2.05) is 10.8 Å². The summed E-state index contributed by atoms with van der Waals surface area (Å²) in [7, 11) is 1.52. The SMILES string of the molecule is COc1cccc(/C(O)=C2\C(=O)C(=O)N(CCCn3ccnc3)[C@H]2c2ccc(C)o2)c1. The molecule has 1 fully saturated rings. The second kappa shape index (κ2) is 8.51. The third-order valence-corrected chi connectivity index (χ3v) is 5.29. The summed E-state index contributed by atoms with van der Waals surface area (Å²) in [4.78, 5) is 31.3. The van der Waals surface area contributed by atoms with Crippen LogP contribution in [0.3, 0.4) is 0 Å². The molecule has 0 spiro atoms. The van der Waals surface area contributed by atoms with Crippen molar-refractivity contribution in [3.63, 3.8) is 0 Å². The van der Waals surface area contributed by atoms with Gasteiger partial charge in [0.15, 0.2) is 0 Å². The van der Waals surface area contributed by atoms with Gasteiger partial charge in [-0.15, -0.1) is 0 Å². The van der Waals surface area contributed by atoms with E-state index in [2.05, 4.69) is 4.98 Å². The Bertz CT molecular complexity index is 1130. The first-order valence-electron chi connectivity index (χ1n) is 9.94. The van der Waals surface area contributed by atoms with E-state index in [0.717, 1.165) is 0 Å². The number of aromatic nitrogens is 2. The number of carbonyl (C=O) groups excluding carboxylic acids is 2. The van der Waals surface area contributed by atoms with E-state index in [9.17, 15) is 14.7 Å². The Morgan fingerprint density at radius 2 is 2.06 bits per heavy atom. The van der Waals surface area contributed by atoms with Crippen molar-refractivity contribution >= 4 is 17.4 Å². The second-order valence-corrected chi connectivity index (χ2v) is 7.33. The number of methoxy groups -OCH3 is 1. The largest absolute Gasteiger partial charge is 0.507 e. The van der Waals surface area contributed by atoms with Crippen LogP contribution in [0.25, 0.3) is 5.76 Å². The lowest BCUT2D eigenvalue weighted by atomic mass is 9.99. The number of ether oxygens (including phenoxy) is 1. The molecule has 4 rings (SSSR count). The normalized spacial score (nSPS) is 18.0. The molecule has 0 aliphatic carbocycles. The molecule has 0 bridgehead atoms. The monoisotopic (exact) mass is 421 g/mol. The summed E-state index contributed by atoms with van der Waals surface area (Å²) in [6.45, 7) is 2.75. The summed E-state index contributed by atoms with van der Waals surface area (Å²) in [6, 6.07) is 9.42. The highest BCUT2D eigenvalue weighted by Gasteiger charge is 2.47. The lowest BCUT2D eigenvalue weighted by molar-refractivity contribution is -0.140. The van der Waals surface area contributed by atoms with Crippen molar-refractivity contribution in [2.24, 2.45) is 0 Å². The number of imidazole rings is 1. The Morgan fingerprint density at radius 1 is 1.23 bits per heavy atom. The molecular weight excluding hydrogens is 398 g/mol. The van der Waals surface area contributed by atoms with Gasteiger partial charge in [0.1, 0.15) is 29.1 Å². The average molecular weight is 421 g/mol. The molecule has 1 N–H and O–H groups in total. The van der Waals surface area contributed by atoms with Gasteiger partial charge in [-0.3, -0.25) is 9.59 Å². The molecule has 1 amide bonds. The molecule has 1 aliphatic rings. The fourth-order valence-electron chi connectivity index (χ4n) is 3.78. The Balaban J connectivity index is 1.72. The Labute approximate surface area is 179 Å². The third kappa shape index (κ3) is 3.96. The predicted molar refractivity (Wildman–Crippen MR) is 112 cm³/mol. The van der Waals surface area contributed by atoms with Gasteiger partial charge in [-0.25, -0.2) is 4.98 Å². The van der Waals surface area contributed by atoms with Gasteiger partial charge in [-0.2, -0.15) is 0 Å². The molecule has 31 heavy (non-hydrogen) atoms. The van der Waals surface area contributed by atoms with E-state index in [-0.39, 0.29) is 11.3 Å². The number of amides is 1. The summed E-state index contributed by atoms with van der Waals surface area (Å²) < 4.78 is 12.9. The zero-order valence-corrected chi connectivity index (χ0v) is 17.3. The van der Waals surface area contributed by atoms with Gasteiger partial charge in [0.2, 0.25) is 0 Å². The number of aryl methyl sites for hydroxylation is 2. The molecule has 0 unspecified atom stereocenters. The van der Waals surface area contributed by atoms with Crippen LogP contribution in [0, 0.1) is 6.92 Å². The van der Waals surface area contributed by atoms with Crippen molar-refractivity contribution in [3.05, 3.63) is 77.8 Å². The number of nitrogens with zero attached hydrogens (tertiary/aromatic N) is 3. The Morgan fingerprint density at radius 3 is 2.74 bits per heavy atom. The van der Waals surface area contributed by atoms with Crippen molar-refractivity contribution in [2.75, 3.05) is 13.7 Å². The smallest absolute Gasteiger partial charge is 0.295 e. The molecule has 0 saturated carbocycles. The van der Waals surface area contributed by atoms with Gasteiger partial charge in [0.25, 0.3) is 11.7 Å². The van der Waals surface area contributed by atoms with Crippen LogP contribution in [0.4, 0.5) is 0 Å². The number of aliphatic hydroxyl groups excluding tert-OH is 1. The molecule has 0 radical (unpaired) electrons.